The molecule has 2 N–H and O–H groups in total. The molecule has 0 unspecified atom stereocenters. The smallest absolute Gasteiger partial charge is 0.205 e. The molecule has 0 saturated heterocycles. The number of H-pyrrole nitrogens is 1. The van der Waals surface area contributed by atoms with Crippen molar-refractivity contribution in [2.45, 2.75) is 46.6 Å². The van der Waals surface area contributed by atoms with Crippen LogP contribution in [0.4, 0.5) is 0 Å². The number of aromatic hydroxyl groups is 1. The molecule has 7 heteroatoms. The third-order valence-electron chi connectivity index (χ3n) is 6.47. The Labute approximate surface area is 198 Å². The molecular weight excluding hydrogens is 424 g/mol. The molecule has 0 bridgehead atoms. The molecule has 2 aromatic heterocycles. The van der Waals surface area contributed by atoms with E-state index in [1.54, 1.807) is 0 Å². The van der Waals surface area contributed by atoms with Crippen LogP contribution in [0.15, 0.2) is 54.6 Å². The number of imidazole rings is 1. The molecule has 0 amide bonds. The second kappa shape index (κ2) is 9.09. The van der Waals surface area contributed by atoms with Crippen molar-refractivity contribution >= 4 is 11.0 Å². The summed E-state index contributed by atoms with van der Waals surface area (Å²) in [7, 11) is 0. The summed E-state index contributed by atoms with van der Waals surface area (Å²) in [6.45, 7) is 6.82. The number of phenolic OH excluding ortho intramolecular Hbond substituents is 1. The first-order valence-corrected chi connectivity index (χ1v) is 11.7. The summed E-state index contributed by atoms with van der Waals surface area (Å²) in [6.07, 6.45) is 3.05. The summed E-state index contributed by atoms with van der Waals surface area (Å²) in [4.78, 5) is 4.89. The fourth-order valence-electron chi connectivity index (χ4n) is 4.42. The van der Waals surface area contributed by atoms with Crippen LogP contribution in [0.3, 0.4) is 0 Å². The summed E-state index contributed by atoms with van der Waals surface area (Å²) >= 11 is 0. The van der Waals surface area contributed by atoms with Gasteiger partial charge in [0.1, 0.15) is 17.1 Å². The van der Waals surface area contributed by atoms with Crippen molar-refractivity contribution < 1.29 is 5.11 Å². The van der Waals surface area contributed by atoms with Gasteiger partial charge in [0.25, 0.3) is 0 Å². The minimum absolute atomic E-state index is 0.330. The van der Waals surface area contributed by atoms with Crippen molar-refractivity contribution in [2.75, 3.05) is 0 Å². The van der Waals surface area contributed by atoms with Crippen molar-refractivity contribution in [2.24, 2.45) is 0 Å². The van der Waals surface area contributed by atoms with Gasteiger partial charge in [-0.2, -0.15) is 5.21 Å². The summed E-state index contributed by atoms with van der Waals surface area (Å²) in [5, 5.41) is 25.5. The monoisotopic (exact) mass is 452 g/mol. The maximum absolute atomic E-state index is 11.0. The van der Waals surface area contributed by atoms with E-state index in [0.717, 1.165) is 69.5 Å². The van der Waals surface area contributed by atoms with E-state index in [-0.39, 0.29) is 0 Å². The number of rotatable bonds is 7. The first-order valence-electron chi connectivity index (χ1n) is 11.7. The Morgan fingerprint density at radius 3 is 2.47 bits per heavy atom. The average Bonchev–Trinajstić information content (AvgIpc) is 3.50. The highest BCUT2D eigenvalue weighted by Crippen LogP contribution is 2.33. The number of nitrogens with zero attached hydrogens (tertiary/aromatic N) is 5. The Morgan fingerprint density at radius 1 is 1.00 bits per heavy atom. The molecule has 0 spiro atoms. The van der Waals surface area contributed by atoms with E-state index in [1.807, 2.05) is 32.0 Å². The quantitative estimate of drug-likeness (QED) is 0.335. The van der Waals surface area contributed by atoms with E-state index in [4.69, 9.17) is 4.98 Å². The van der Waals surface area contributed by atoms with Crippen molar-refractivity contribution in [1.29, 1.82) is 0 Å². The molecule has 0 fully saturated rings. The standard InChI is InChI=1S/C27H28N6O/c1-4-5-10-24-28-23-15-17(2)18(3)26(34)25(23)33(24)16-19-11-13-20(14-12-19)21-8-6-7-9-22(21)27-29-31-32-30-27/h6-9,11-15,34H,4-5,10,16H2,1-3H3,(H,29,30,31,32). The SMILES string of the molecule is CCCCc1nc2cc(C)c(C)c(O)c2n1Cc1ccc(-c2ccccc2-c2nn[nH]n2)cc1. The molecular formula is C27H28N6O. The summed E-state index contributed by atoms with van der Waals surface area (Å²) in [5.41, 5.74) is 7.86. The predicted octanol–water partition coefficient (Wildman–Crippen LogP) is 5.60. The largest absolute Gasteiger partial charge is 0.505 e. The fourth-order valence-corrected chi connectivity index (χ4v) is 4.42. The number of tetrazole rings is 1. The van der Waals surface area contributed by atoms with Crippen LogP contribution in [-0.2, 0) is 13.0 Å². The molecule has 0 aliphatic carbocycles. The van der Waals surface area contributed by atoms with Gasteiger partial charge in [0.2, 0.25) is 5.82 Å². The second-order valence-electron chi connectivity index (χ2n) is 8.73. The number of aromatic amines is 1. The number of unbranched alkanes of at least 4 members (excludes halogenated alkanes) is 1. The van der Waals surface area contributed by atoms with Crippen LogP contribution < -0.4 is 0 Å². The minimum Gasteiger partial charge on any atom is -0.505 e. The number of aryl methyl sites for hydroxylation is 2. The highest BCUT2D eigenvalue weighted by atomic mass is 16.3. The molecule has 0 saturated carbocycles. The zero-order chi connectivity index (χ0) is 23.7. The van der Waals surface area contributed by atoms with E-state index < -0.39 is 0 Å². The lowest BCUT2D eigenvalue weighted by atomic mass is 9.98. The number of aromatic nitrogens is 6. The molecule has 0 radical (unpaired) electrons. The van der Waals surface area contributed by atoms with Gasteiger partial charge in [-0.1, -0.05) is 61.9 Å². The van der Waals surface area contributed by atoms with E-state index in [0.29, 0.717) is 18.1 Å². The van der Waals surface area contributed by atoms with Gasteiger partial charge in [-0.25, -0.2) is 4.98 Å². The molecule has 0 atom stereocenters. The molecule has 0 aliphatic rings. The van der Waals surface area contributed by atoms with E-state index in [1.165, 1.54) is 0 Å². The Balaban J connectivity index is 1.52. The van der Waals surface area contributed by atoms with Crippen LogP contribution in [0.1, 0.15) is 42.3 Å². The van der Waals surface area contributed by atoms with Crippen molar-refractivity contribution in [3.63, 3.8) is 0 Å². The minimum atomic E-state index is 0.330. The van der Waals surface area contributed by atoms with Crippen molar-refractivity contribution in [3.8, 4) is 28.3 Å². The van der Waals surface area contributed by atoms with Gasteiger partial charge < -0.3 is 9.67 Å². The van der Waals surface area contributed by atoms with Crippen LogP contribution >= 0.6 is 0 Å². The lowest BCUT2D eigenvalue weighted by Crippen LogP contribution is -2.06. The Bertz CT molecular complexity index is 1430. The summed E-state index contributed by atoms with van der Waals surface area (Å²) in [6, 6.07) is 18.6. The first kappa shape index (κ1) is 21.8. The van der Waals surface area contributed by atoms with Gasteiger partial charge >= 0.3 is 0 Å². The second-order valence-corrected chi connectivity index (χ2v) is 8.73. The van der Waals surface area contributed by atoms with Crippen LogP contribution in [-0.4, -0.2) is 35.3 Å². The van der Waals surface area contributed by atoms with E-state index in [2.05, 4.69) is 68.5 Å². The Hall–Kier alpha value is -4.00. The van der Waals surface area contributed by atoms with E-state index >= 15 is 0 Å². The number of hydrogen-bond donors (Lipinski definition) is 2. The number of fused-ring (bicyclic) bond motifs is 1. The van der Waals surface area contributed by atoms with Gasteiger partial charge in [-0.3, -0.25) is 0 Å². The van der Waals surface area contributed by atoms with Crippen LogP contribution in [0, 0.1) is 13.8 Å². The zero-order valence-electron chi connectivity index (χ0n) is 19.7. The van der Waals surface area contributed by atoms with Gasteiger partial charge in [-0.05, 0) is 59.4 Å². The summed E-state index contributed by atoms with van der Waals surface area (Å²) < 4.78 is 2.18. The lowest BCUT2D eigenvalue weighted by molar-refractivity contribution is 0.473. The van der Waals surface area contributed by atoms with Gasteiger partial charge in [0.15, 0.2) is 0 Å². The van der Waals surface area contributed by atoms with Crippen molar-refractivity contribution in [1.82, 2.24) is 30.2 Å². The predicted molar refractivity (Wildman–Crippen MR) is 134 cm³/mol. The van der Waals surface area contributed by atoms with Gasteiger partial charge in [-0.15, -0.1) is 10.2 Å². The number of phenols is 1. The van der Waals surface area contributed by atoms with E-state index in [9.17, 15) is 5.11 Å². The maximum atomic E-state index is 11.0. The third-order valence-corrected chi connectivity index (χ3v) is 6.47. The molecule has 3 aromatic carbocycles. The zero-order valence-corrected chi connectivity index (χ0v) is 19.7. The normalized spacial score (nSPS) is 11.4. The van der Waals surface area contributed by atoms with Gasteiger partial charge in [0.05, 0.1) is 5.52 Å². The number of nitrogens with one attached hydrogen (secondary N) is 1. The molecule has 34 heavy (non-hydrogen) atoms. The molecule has 5 rings (SSSR count). The highest BCUT2D eigenvalue weighted by Gasteiger charge is 2.18. The fraction of sp³-hybridized carbons (Fsp3) is 0.259. The molecule has 0 aliphatic heterocycles. The highest BCUT2D eigenvalue weighted by molar-refractivity contribution is 5.85. The third kappa shape index (κ3) is 3.94. The molecule has 2 heterocycles. The number of hydrogen-bond acceptors (Lipinski definition) is 5. The van der Waals surface area contributed by atoms with Crippen LogP contribution in [0.2, 0.25) is 0 Å². The summed E-state index contributed by atoms with van der Waals surface area (Å²) in [5.74, 6) is 1.92. The molecule has 7 nitrogen and oxygen atoms in total. The number of benzene rings is 3. The van der Waals surface area contributed by atoms with Crippen molar-refractivity contribution in [3.05, 3.63) is 77.1 Å². The maximum Gasteiger partial charge on any atom is 0.205 e. The molecule has 172 valence electrons. The van der Waals surface area contributed by atoms with Crippen LogP contribution in [0.25, 0.3) is 33.5 Å². The van der Waals surface area contributed by atoms with Gasteiger partial charge in [0, 0.05) is 18.5 Å². The topological polar surface area (TPSA) is 92.5 Å². The average molecular weight is 453 g/mol. The van der Waals surface area contributed by atoms with Crippen LogP contribution in [0.5, 0.6) is 5.75 Å². The first-order chi connectivity index (χ1) is 16.6. The Kier molecular flexibility index (Phi) is 5.84. The lowest BCUT2D eigenvalue weighted by Gasteiger charge is -2.13. The molecule has 5 aromatic rings. The Morgan fingerprint density at radius 2 is 1.76 bits per heavy atom.